The molecule has 3 heteroatoms. The van der Waals surface area contributed by atoms with Crippen LogP contribution in [-0.2, 0) is 0 Å². The van der Waals surface area contributed by atoms with E-state index in [1.807, 2.05) is 60.7 Å². The zero-order valence-electron chi connectivity index (χ0n) is 10.1. The zero-order valence-corrected chi connectivity index (χ0v) is 11.1. The second kappa shape index (κ2) is 9.60. The van der Waals surface area contributed by atoms with Crippen LogP contribution in [0.2, 0.25) is 0 Å². The highest BCUT2D eigenvalue weighted by atomic mass is 32.1. The van der Waals surface area contributed by atoms with E-state index in [4.69, 9.17) is 9.47 Å². The number of benzene rings is 2. The van der Waals surface area contributed by atoms with Crippen LogP contribution in [0.25, 0.3) is 0 Å². The first kappa shape index (κ1) is 15.4. The first-order valence-corrected chi connectivity index (χ1v) is 5.05. The van der Waals surface area contributed by atoms with Gasteiger partial charge in [0.1, 0.15) is 11.5 Å². The van der Waals surface area contributed by atoms with Gasteiger partial charge in [0.2, 0.25) is 0 Å². The fraction of sp³-hybridized carbons (Fsp3) is 0.143. The van der Waals surface area contributed by atoms with Crippen LogP contribution in [0.4, 0.5) is 0 Å². The number of para-hydroxylation sites is 2. The van der Waals surface area contributed by atoms with E-state index in [-0.39, 0.29) is 13.5 Å². The Labute approximate surface area is 110 Å². The molecule has 0 aliphatic rings. The molecule has 0 fully saturated rings. The monoisotopic (exact) mass is 250 g/mol. The maximum Gasteiger partial charge on any atom is 0.118 e. The highest BCUT2D eigenvalue weighted by molar-refractivity contribution is 7.59. The van der Waals surface area contributed by atoms with Crippen molar-refractivity contribution in [1.82, 2.24) is 0 Å². The smallest absolute Gasteiger partial charge is 0.118 e. The highest BCUT2D eigenvalue weighted by Gasteiger charge is 1.80. The van der Waals surface area contributed by atoms with Crippen molar-refractivity contribution >= 4 is 13.5 Å². The van der Waals surface area contributed by atoms with Gasteiger partial charge >= 0.3 is 0 Å². The van der Waals surface area contributed by atoms with Gasteiger partial charge in [-0.3, -0.25) is 0 Å². The van der Waals surface area contributed by atoms with E-state index in [0.717, 1.165) is 11.5 Å². The highest BCUT2D eigenvalue weighted by Crippen LogP contribution is 2.06. The molecule has 0 amide bonds. The van der Waals surface area contributed by atoms with E-state index in [2.05, 4.69) is 0 Å². The number of hydrogen-bond acceptors (Lipinski definition) is 2. The molecule has 0 saturated heterocycles. The number of rotatable bonds is 2. The maximum atomic E-state index is 4.91. The van der Waals surface area contributed by atoms with E-state index < -0.39 is 0 Å². The summed E-state index contributed by atoms with van der Waals surface area (Å²) in [5.41, 5.74) is 0. The number of ether oxygens (including phenoxy) is 2. The summed E-state index contributed by atoms with van der Waals surface area (Å²) in [6, 6.07) is 19.4. The van der Waals surface area contributed by atoms with Crippen molar-refractivity contribution in [2.24, 2.45) is 0 Å². The molecule has 2 aromatic carbocycles. The molecular weight excluding hydrogens is 232 g/mol. The van der Waals surface area contributed by atoms with Gasteiger partial charge < -0.3 is 9.47 Å². The summed E-state index contributed by atoms with van der Waals surface area (Å²) in [6.45, 7) is 0. The molecule has 0 aliphatic carbocycles. The van der Waals surface area contributed by atoms with Gasteiger partial charge in [-0.15, -0.1) is 0 Å². The van der Waals surface area contributed by atoms with Gasteiger partial charge in [0.05, 0.1) is 14.2 Å². The van der Waals surface area contributed by atoms with Gasteiger partial charge in [-0.25, -0.2) is 0 Å². The van der Waals surface area contributed by atoms with E-state index in [1.54, 1.807) is 14.2 Å². The average molecular weight is 250 g/mol. The lowest BCUT2D eigenvalue weighted by atomic mass is 10.3. The van der Waals surface area contributed by atoms with E-state index >= 15 is 0 Å². The molecule has 2 rings (SSSR count). The van der Waals surface area contributed by atoms with Crippen LogP contribution < -0.4 is 9.47 Å². The largest absolute Gasteiger partial charge is 0.497 e. The SMILES string of the molecule is COc1ccccc1.COc1ccccc1.S. The Bertz CT molecular complexity index is 336. The molecule has 0 atom stereocenters. The quantitative estimate of drug-likeness (QED) is 0.812. The Balaban J connectivity index is 0.000000284. The van der Waals surface area contributed by atoms with Crippen molar-refractivity contribution in [3.63, 3.8) is 0 Å². The number of methoxy groups -OCH3 is 2. The minimum atomic E-state index is 0. The van der Waals surface area contributed by atoms with Gasteiger partial charge in [-0.2, -0.15) is 13.5 Å². The molecule has 0 radical (unpaired) electrons. The standard InChI is InChI=1S/2C7H8O.H2S/c2*1-8-7-5-3-2-4-6-7;/h2*2-6H,1H3;1H2. The van der Waals surface area contributed by atoms with Crippen molar-refractivity contribution in [1.29, 1.82) is 0 Å². The van der Waals surface area contributed by atoms with Crippen LogP contribution in [0.5, 0.6) is 11.5 Å². The lowest BCUT2D eigenvalue weighted by Gasteiger charge is -1.93. The third-order valence-electron chi connectivity index (χ3n) is 1.96. The van der Waals surface area contributed by atoms with Crippen molar-refractivity contribution in [3.8, 4) is 11.5 Å². The first-order valence-electron chi connectivity index (χ1n) is 5.05. The molecule has 2 nitrogen and oxygen atoms in total. The summed E-state index contributed by atoms with van der Waals surface area (Å²) in [5.74, 6) is 1.82. The van der Waals surface area contributed by atoms with Crippen molar-refractivity contribution in [2.75, 3.05) is 14.2 Å². The molecule has 0 aromatic heterocycles. The van der Waals surface area contributed by atoms with Gasteiger partial charge in [0, 0.05) is 0 Å². The van der Waals surface area contributed by atoms with Crippen LogP contribution in [0, 0.1) is 0 Å². The predicted molar refractivity (Wildman–Crippen MR) is 76.4 cm³/mol. The van der Waals surface area contributed by atoms with Crippen LogP contribution in [-0.4, -0.2) is 14.2 Å². The Kier molecular flexibility index (Phi) is 8.69. The maximum absolute atomic E-state index is 4.91. The predicted octanol–water partition coefficient (Wildman–Crippen LogP) is 3.50. The molecule has 0 heterocycles. The van der Waals surface area contributed by atoms with Crippen LogP contribution in [0.15, 0.2) is 60.7 Å². The second-order valence-electron chi connectivity index (χ2n) is 3.03. The normalized spacial score (nSPS) is 8.12. The third-order valence-corrected chi connectivity index (χ3v) is 1.96. The van der Waals surface area contributed by atoms with Gasteiger partial charge in [-0.1, -0.05) is 36.4 Å². The van der Waals surface area contributed by atoms with Crippen molar-refractivity contribution in [2.45, 2.75) is 0 Å². The molecule has 0 aliphatic heterocycles. The topological polar surface area (TPSA) is 18.5 Å². The van der Waals surface area contributed by atoms with Crippen LogP contribution >= 0.6 is 13.5 Å². The van der Waals surface area contributed by atoms with E-state index in [9.17, 15) is 0 Å². The minimum Gasteiger partial charge on any atom is -0.497 e. The lowest BCUT2D eigenvalue weighted by Crippen LogP contribution is -1.78. The summed E-state index contributed by atoms with van der Waals surface area (Å²) >= 11 is 0. The zero-order chi connectivity index (χ0) is 11.6. The Morgan fingerprint density at radius 3 is 1.06 bits per heavy atom. The fourth-order valence-electron chi connectivity index (χ4n) is 1.11. The fourth-order valence-corrected chi connectivity index (χ4v) is 1.11. The van der Waals surface area contributed by atoms with Crippen molar-refractivity contribution in [3.05, 3.63) is 60.7 Å². The van der Waals surface area contributed by atoms with Crippen LogP contribution in [0.3, 0.4) is 0 Å². The van der Waals surface area contributed by atoms with E-state index in [1.165, 1.54) is 0 Å². The summed E-state index contributed by atoms with van der Waals surface area (Å²) in [4.78, 5) is 0. The molecule has 0 saturated carbocycles. The van der Waals surface area contributed by atoms with Crippen molar-refractivity contribution < 1.29 is 9.47 Å². The Morgan fingerprint density at radius 1 is 0.588 bits per heavy atom. The molecule has 17 heavy (non-hydrogen) atoms. The van der Waals surface area contributed by atoms with Crippen LogP contribution in [0.1, 0.15) is 0 Å². The van der Waals surface area contributed by atoms with Gasteiger partial charge in [-0.05, 0) is 24.3 Å². The summed E-state index contributed by atoms with van der Waals surface area (Å²) in [7, 11) is 3.32. The second-order valence-corrected chi connectivity index (χ2v) is 3.03. The first-order chi connectivity index (χ1) is 7.86. The molecule has 0 unspecified atom stereocenters. The van der Waals surface area contributed by atoms with E-state index in [0.29, 0.717) is 0 Å². The summed E-state index contributed by atoms with van der Waals surface area (Å²) < 4.78 is 9.83. The lowest BCUT2D eigenvalue weighted by molar-refractivity contribution is 0.414. The third kappa shape index (κ3) is 6.53. The molecule has 0 bridgehead atoms. The molecule has 0 spiro atoms. The molecule has 92 valence electrons. The Hall–Kier alpha value is -1.61. The number of hydrogen-bond donors (Lipinski definition) is 0. The summed E-state index contributed by atoms with van der Waals surface area (Å²) in [5, 5.41) is 0. The van der Waals surface area contributed by atoms with Gasteiger partial charge in [0.15, 0.2) is 0 Å². The minimum absolute atomic E-state index is 0. The molecular formula is C14H18O2S. The molecule has 2 aromatic rings. The average Bonchev–Trinajstić information content (AvgIpc) is 2.41. The summed E-state index contributed by atoms with van der Waals surface area (Å²) in [6.07, 6.45) is 0. The molecule has 0 N–H and O–H groups in total. The van der Waals surface area contributed by atoms with Gasteiger partial charge in [0.25, 0.3) is 0 Å². The Morgan fingerprint density at radius 2 is 0.882 bits per heavy atom.